The van der Waals surface area contributed by atoms with Gasteiger partial charge in [0.05, 0.1) is 22.3 Å². The number of furan rings is 2. The highest BCUT2D eigenvalue weighted by atomic mass is 16.4. The van der Waals surface area contributed by atoms with Crippen LogP contribution in [0.3, 0.4) is 0 Å². The van der Waals surface area contributed by atoms with E-state index in [2.05, 4.69) is 156 Å². The van der Waals surface area contributed by atoms with Gasteiger partial charge in [-0.25, -0.2) is 4.98 Å². The van der Waals surface area contributed by atoms with Gasteiger partial charge in [0.1, 0.15) is 17.0 Å². The molecule has 0 saturated carbocycles. The van der Waals surface area contributed by atoms with Crippen molar-refractivity contribution in [3.05, 3.63) is 132 Å². The van der Waals surface area contributed by atoms with Crippen molar-refractivity contribution in [3.8, 4) is 28.2 Å². The number of rotatable bonds is 5. The number of aromatic nitrogens is 2. The van der Waals surface area contributed by atoms with Crippen LogP contribution in [0.2, 0.25) is 0 Å². The Morgan fingerprint density at radius 1 is 0.569 bits per heavy atom. The zero-order valence-electron chi connectivity index (χ0n) is 30.3. The predicted octanol–water partition coefficient (Wildman–Crippen LogP) is 13.7. The molecule has 4 heteroatoms. The smallest absolute Gasteiger partial charge is 0.178 e. The van der Waals surface area contributed by atoms with Gasteiger partial charge in [0.25, 0.3) is 0 Å². The van der Waals surface area contributed by atoms with Gasteiger partial charge < -0.3 is 8.83 Å². The molecule has 0 atom stereocenters. The summed E-state index contributed by atoms with van der Waals surface area (Å²) in [5.74, 6) is 1.41. The van der Waals surface area contributed by atoms with Gasteiger partial charge in [-0.2, -0.15) is 0 Å². The molecular formula is C47H42N2O2. The summed E-state index contributed by atoms with van der Waals surface area (Å²) in [7, 11) is 0. The molecule has 0 saturated heterocycles. The molecule has 3 heterocycles. The van der Waals surface area contributed by atoms with Crippen LogP contribution in [0.4, 0.5) is 0 Å². The first-order chi connectivity index (χ1) is 24.6. The van der Waals surface area contributed by atoms with Crippen LogP contribution in [0, 0.1) is 0 Å². The first kappa shape index (κ1) is 31.4. The third-order valence-corrected chi connectivity index (χ3v) is 10.5. The van der Waals surface area contributed by atoms with E-state index >= 15 is 0 Å². The van der Waals surface area contributed by atoms with Crippen LogP contribution in [-0.4, -0.2) is 9.55 Å². The van der Waals surface area contributed by atoms with Crippen molar-refractivity contribution < 1.29 is 8.83 Å². The van der Waals surface area contributed by atoms with E-state index < -0.39 is 0 Å². The number of benzene rings is 6. The van der Waals surface area contributed by atoms with Gasteiger partial charge in [0.2, 0.25) is 0 Å². The number of hydrogen-bond acceptors (Lipinski definition) is 3. The van der Waals surface area contributed by atoms with Crippen LogP contribution in [0.1, 0.15) is 77.0 Å². The maximum atomic E-state index is 6.93. The van der Waals surface area contributed by atoms with Crippen molar-refractivity contribution in [2.24, 2.45) is 0 Å². The number of para-hydroxylation sites is 2. The van der Waals surface area contributed by atoms with Gasteiger partial charge in [-0.1, -0.05) is 115 Å². The molecule has 9 rings (SSSR count). The molecule has 4 nitrogen and oxygen atoms in total. The first-order valence-corrected chi connectivity index (χ1v) is 18.1. The molecule has 51 heavy (non-hydrogen) atoms. The highest BCUT2D eigenvalue weighted by Crippen LogP contribution is 2.45. The summed E-state index contributed by atoms with van der Waals surface area (Å²) in [6.45, 7) is 16.0. The Balaban J connectivity index is 1.39. The molecule has 0 aliphatic carbocycles. The van der Waals surface area contributed by atoms with E-state index in [1.807, 2.05) is 12.1 Å². The predicted molar refractivity (Wildman–Crippen MR) is 213 cm³/mol. The van der Waals surface area contributed by atoms with Crippen molar-refractivity contribution >= 4 is 54.9 Å². The second kappa shape index (κ2) is 11.5. The fraction of sp³-hybridized carbons (Fsp3) is 0.213. The van der Waals surface area contributed by atoms with Crippen molar-refractivity contribution in [2.45, 2.75) is 65.7 Å². The molecule has 9 aromatic rings. The molecule has 0 spiro atoms. The third-order valence-electron chi connectivity index (χ3n) is 10.5. The minimum absolute atomic E-state index is 0.0155. The zero-order chi connectivity index (χ0) is 35.2. The Morgan fingerprint density at radius 2 is 1.20 bits per heavy atom. The minimum Gasteiger partial charge on any atom is -0.452 e. The summed E-state index contributed by atoms with van der Waals surface area (Å²) in [6, 6.07) is 41.3. The van der Waals surface area contributed by atoms with E-state index in [0.29, 0.717) is 0 Å². The van der Waals surface area contributed by atoms with Crippen LogP contribution in [-0.2, 0) is 5.41 Å². The van der Waals surface area contributed by atoms with E-state index in [4.69, 9.17) is 13.8 Å². The molecule has 0 bridgehead atoms. The summed E-state index contributed by atoms with van der Waals surface area (Å²) >= 11 is 0. The average molecular weight is 667 g/mol. The van der Waals surface area contributed by atoms with Gasteiger partial charge >= 0.3 is 0 Å². The van der Waals surface area contributed by atoms with Crippen molar-refractivity contribution in [2.75, 3.05) is 0 Å². The monoisotopic (exact) mass is 666 g/mol. The summed E-state index contributed by atoms with van der Waals surface area (Å²) in [5, 5.41) is 4.23. The van der Waals surface area contributed by atoms with E-state index in [1.54, 1.807) is 0 Å². The molecule has 3 aromatic heterocycles. The fourth-order valence-electron chi connectivity index (χ4n) is 7.78. The standard InChI is InChI=1S/C47H42N2O2/c1-27(2)37-24-30(29-14-9-8-10-15-29)25-38(28(3)4)42(37)49-40-23-20-31(47(5,6)7)26-39(40)48-46(49)36-18-13-17-33-35-22-21-34-32-16-11-12-19-41(32)50-44(34)45(35)51-43(33)36/h8-28H,1-7H3. The number of nitrogens with zero attached hydrogens (tertiary/aromatic N) is 2. The van der Waals surface area contributed by atoms with Crippen LogP contribution in [0.25, 0.3) is 83.1 Å². The number of fused-ring (bicyclic) bond motifs is 8. The highest BCUT2D eigenvalue weighted by molar-refractivity contribution is 6.20. The lowest BCUT2D eigenvalue weighted by atomic mass is 9.86. The fourth-order valence-corrected chi connectivity index (χ4v) is 7.78. The van der Waals surface area contributed by atoms with Gasteiger partial charge in [0.15, 0.2) is 11.2 Å². The molecule has 0 fully saturated rings. The highest BCUT2D eigenvalue weighted by Gasteiger charge is 2.27. The van der Waals surface area contributed by atoms with Crippen LogP contribution >= 0.6 is 0 Å². The maximum Gasteiger partial charge on any atom is 0.178 e. The van der Waals surface area contributed by atoms with Gasteiger partial charge in [-0.05, 0) is 93.6 Å². The lowest BCUT2D eigenvalue weighted by Crippen LogP contribution is -2.11. The van der Waals surface area contributed by atoms with Gasteiger partial charge in [-0.15, -0.1) is 0 Å². The van der Waals surface area contributed by atoms with E-state index in [9.17, 15) is 0 Å². The lowest BCUT2D eigenvalue weighted by molar-refractivity contribution is 0.591. The number of hydrogen-bond donors (Lipinski definition) is 0. The van der Waals surface area contributed by atoms with Crippen molar-refractivity contribution in [1.82, 2.24) is 9.55 Å². The summed E-state index contributed by atoms with van der Waals surface area (Å²) in [4.78, 5) is 5.51. The normalized spacial score (nSPS) is 12.6. The molecule has 0 aliphatic heterocycles. The Labute approximate surface area is 298 Å². The Morgan fingerprint density at radius 3 is 1.90 bits per heavy atom. The average Bonchev–Trinajstić information content (AvgIpc) is 3.82. The summed E-state index contributed by atoms with van der Waals surface area (Å²) in [6.07, 6.45) is 0. The molecule has 0 aliphatic rings. The number of imidazole rings is 1. The third kappa shape index (κ3) is 4.92. The van der Waals surface area contributed by atoms with Crippen molar-refractivity contribution in [1.29, 1.82) is 0 Å². The molecule has 0 unspecified atom stereocenters. The quantitative estimate of drug-likeness (QED) is 0.184. The summed E-state index contributed by atoms with van der Waals surface area (Å²) in [5.41, 5.74) is 13.7. The Hall–Kier alpha value is -5.61. The van der Waals surface area contributed by atoms with Gasteiger partial charge in [0, 0.05) is 21.5 Å². The Kier molecular flexibility index (Phi) is 7.05. The Bertz CT molecular complexity index is 2750. The van der Waals surface area contributed by atoms with Crippen LogP contribution in [0.5, 0.6) is 0 Å². The van der Waals surface area contributed by atoms with Crippen LogP contribution < -0.4 is 0 Å². The van der Waals surface area contributed by atoms with E-state index in [0.717, 1.165) is 66.3 Å². The second-order valence-corrected chi connectivity index (χ2v) is 15.6. The SMILES string of the molecule is CC(C)c1cc(-c2ccccc2)cc(C(C)C)c1-n1c(-c2cccc3c2oc2c3ccc3c4ccccc4oc32)nc2cc(C(C)(C)C)ccc21. The van der Waals surface area contributed by atoms with Gasteiger partial charge in [-0.3, -0.25) is 4.57 Å². The zero-order valence-corrected chi connectivity index (χ0v) is 30.3. The molecule has 0 N–H and O–H groups in total. The van der Waals surface area contributed by atoms with E-state index in [1.165, 1.54) is 33.5 Å². The molecule has 0 amide bonds. The molecule has 252 valence electrons. The summed E-state index contributed by atoms with van der Waals surface area (Å²) < 4.78 is 15.8. The van der Waals surface area contributed by atoms with Crippen LogP contribution in [0.15, 0.2) is 124 Å². The molecule has 6 aromatic carbocycles. The van der Waals surface area contributed by atoms with Crippen molar-refractivity contribution in [3.63, 3.8) is 0 Å². The van der Waals surface area contributed by atoms with E-state index in [-0.39, 0.29) is 17.3 Å². The lowest BCUT2D eigenvalue weighted by Gasteiger charge is -2.24. The molecule has 0 radical (unpaired) electrons. The second-order valence-electron chi connectivity index (χ2n) is 15.6. The largest absolute Gasteiger partial charge is 0.452 e. The topological polar surface area (TPSA) is 44.1 Å². The minimum atomic E-state index is -0.0155. The maximum absolute atomic E-state index is 6.93. The first-order valence-electron chi connectivity index (χ1n) is 18.1. The molecular weight excluding hydrogens is 625 g/mol.